The number of rotatable bonds is 2. The number of hydrogen-bond acceptors (Lipinski definition) is 3. The van der Waals surface area contributed by atoms with E-state index in [1.165, 1.54) is 18.3 Å². The zero-order valence-corrected chi connectivity index (χ0v) is 6.94. The van der Waals surface area contributed by atoms with Crippen LogP contribution in [0.3, 0.4) is 0 Å². The molecule has 0 unspecified atom stereocenters. The van der Waals surface area contributed by atoms with Crippen LogP contribution in [0.4, 0.5) is 0 Å². The van der Waals surface area contributed by atoms with Gasteiger partial charge in [0.05, 0.1) is 17.4 Å². The molecule has 0 bridgehead atoms. The van der Waals surface area contributed by atoms with Gasteiger partial charge >= 0.3 is 0 Å². The van der Waals surface area contributed by atoms with E-state index in [0.29, 0.717) is 6.42 Å². The van der Waals surface area contributed by atoms with Gasteiger partial charge in [-0.1, -0.05) is 0 Å². The molecule has 1 aromatic heterocycles. The highest BCUT2D eigenvalue weighted by Crippen LogP contribution is 2.15. The number of thiophene rings is 1. The van der Waals surface area contributed by atoms with E-state index in [4.69, 9.17) is 5.26 Å². The van der Waals surface area contributed by atoms with E-state index in [0.717, 1.165) is 10.4 Å². The minimum absolute atomic E-state index is 0.0687. The third-order valence-electron chi connectivity index (χ3n) is 1.28. The zero-order valence-electron chi connectivity index (χ0n) is 6.13. The van der Waals surface area contributed by atoms with Crippen LogP contribution in [0, 0.1) is 11.3 Å². The highest BCUT2D eigenvalue weighted by molar-refractivity contribution is 7.12. The molecular formula is C8H7NOS. The Kier molecular flexibility index (Phi) is 2.40. The average molecular weight is 165 g/mol. The fourth-order valence-electron chi connectivity index (χ4n) is 0.744. The molecule has 0 saturated heterocycles. The summed E-state index contributed by atoms with van der Waals surface area (Å²) in [6.07, 6.45) is 0.393. The molecule has 0 spiro atoms. The van der Waals surface area contributed by atoms with Gasteiger partial charge in [0.2, 0.25) is 0 Å². The second-order valence-electron chi connectivity index (χ2n) is 2.21. The van der Waals surface area contributed by atoms with E-state index in [1.807, 2.05) is 11.4 Å². The number of hydrogen-bond donors (Lipinski definition) is 0. The molecule has 0 amide bonds. The first-order chi connectivity index (χ1) is 5.24. The Morgan fingerprint density at radius 3 is 3.00 bits per heavy atom. The van der Waals surface area contributed by atoms with E-state index in [1.54, 1.807) is 6.07 Å². The molecule has 56 valence electrons. The van der Waals surface area contributed by atoms with Crippen molar-refractivity contribution in [3.8, 4) is 6.07 Å². The fraction of sp³-hybridized carbons (Fsp3) is 0.250. The number of carbonyl (C=O) groups is 1. The molecule has 0 atom stereocenters. The first kappa shape index (κ1) is 7.96. The predicted molar refractivity (Wildman–Crippen MR) is 43.6 cm³/mol. The van der Waals surface area contributed by atoms with E-state index in [2.05, 4.69) is 0 Å². The molecule has 0 aliphatic rings. The summed E-state index contributed by atoms with van der Waals surface area (Å²) in [6.45, 7) is 1.53. The van der Waals surface area contributed by atoms with Crippen molar-refractivity contribution in [2.45, 2.75) is 13.3 Å². The van der Waals surface area contributed by atoms with Gasteiger partial charge in [0.1, 0.15) is 0 Å². The van der Waals surface area contributed by atoms with Crippen LogP contribution in [0.2, 0.25) is 0 Å². The first-order valence-electron chi connectivity index (χ1n) is 3.19. The number of nitriles is 1. The van der Waals surface area contributed by atoms with Gasteiger partial charge in [0, 0.05) is 0 Å². The van der Waals surface area contributed by atoms with Crippen molar-refractivity contribution in [1.82, 2.24) is 0 Å². The quantitative estimate of drug-likeness (QED) is 0.629. The lowest BCUT2D eigenvalue weighted by Gasteiger charge is -1.82. The Hall–Kier alpha value is -1.14. The van der Waals surface area contributed by atoms with Gasteiger partial charge in [-0.25, -0.2) is 0 Å². The van der Waals surface area contributed by atoms with Crippen LogP contribution in [-0.4, -0.2) is 5.78 Å². The van der Waals surface area contributed by atoms with E-state index in [-0.39, 0.29) is 5.78 Å². The van der Waals surface area contributed by atoms with Crippen LogP contribution in [0.1, 0.15) is 22.2 Å². The van der Waals surface area contributed by atoms with Gasteiger partial charge in [-0.15, -0.1) is 11.3 Å². The SMILES string of the molecule is CC(=O)c1cc(CC#N)cs1. The summed E-state index contributed by atoms with van der Waals surface area (Å²) in [6, 6.07) is 3.81. The molecule has 0 fully saturated rings. The highest BCUT2D eigenvalue weighted by atomic mass is 32.1. The molecule has 0 aromatic carbocycles. The third kappa shape index (κ3) is 1.89. The molecule has 1 rings (SSSR count). The molecular weight excluding hydrogens is 158 g/mol. The Balaban J connectivity index is 2.83. The highest BCUT2D eigenvalue weighted by Gasteiger charge is 2.02. The lowest BCUT2D eigenvalue weighted by Crippen LogP contribution is -1.84. The molecule has 2 nitrogen and oxygen atoms in total. The topological polar surface area (TPSA) is 40.9 Å². The molecule has 0 radical (unpaired) electrons. The molecule has 0 aliphatic heterocycles. The van der Waals surface area contributed by atoms with Gasteiger partial charge in [0.25, 0.3) is 0 Å². The summed E-state index contributed by atoms with van der Waals surface area (Å²) in [5, 5.41) is 10.2. The minimum Gasteiger partial charge on any atom is -0.294 e. The van der Waals surface area contributed by atoms with Crippen molar-refractivity contribution in [2.75, 3.05) is 0 Å². The van der Waals surface area contributed by atoms with Crippen LogP contribution in [0.15, 0.2) is 11.4 Å². The second kappa shape index (κ2) is 3.31. The lowest BCUT2D eigenvalue weighted by molar-refractivity contribution is 0.102. The molecule has 0 aliphatic carbocycles. The number of ketones is 1. The van der Waals surface area contributed by atoms with Crippen LogP contribution >= 0.6 is 11.3 Å². The van der Waals surface area contributed by atoms with E-state index < -0.39 is 0 Å². The Morgan fingerprint density at radius 1 is 1.82 bits per heavy atom. The van der Waals surface area contributed by atoms with Crippen molar-refractivity contribution >= 4 is 17.1 Å². The van der Waals surface area contributed by atoms with E-state index >= 15 is 0 Å². The molecule has 11 heavy (non-hydrogen) atoms. The summed E-state index contributed by atoms with van der Waals surface area (Å²) in [5.41, 5.74) is 0.933. The molecule has 1 heterocycles. The molecule has 1 aromatic rings. The monoisotopic (exact) mass is 165 g/mol. The molecule has 0 N–H and O–H groups in total. The number of nitrogens with zero attached hydrogens (tertiary/aromatic N) is 1. The fourth-order valence-corrected chi connectivity index (χ4v) is 1.56. The van der Waals surface area contributed by atoms with Gasteiger partial charge in [-0.05, 0) is 23.9 Å². The minimum atomic E-state index is 0.0687. The molecule has 0 saturated carbocycles. The normalized spacial score (nSPS) is 9.09. The summed E-state index contributed by atoms with van der Waals surface area (Å²) < 4.78 is 0. The maximum atomic E-state index is 10.8. The Bertz CT molecular complexity index is 308. The zero-order chi connectivity index (χ0) is 8.27. The van der Waals surface area contributed by atoms with Crippen molar-refractivity contribution in [2.24, 2.45) is 0 Å². The standard InChI is InChI=1S/C8H7NOS/c1-6(10)8-4-7(2-3-9)5-11-8/h4-5H,2H2,1H3. The Morgan fingerprint density at radius 2 is 2.55 bits per heavy atom. The number of Topliss-reactive ketones (excluding diaryl/α,β-unsaturated/α-hetero) is 1. The largest absolute Gasteiger partial charge is 0.294 e. The van der Waals surface area contributed by atoms with Crippen molar-refractivity contribution in [3.05, 3.63) is 21.9 Å². The summed E-state index contributed by atoms with van der Waals surface area (Å²) in [7, 11) is 0. The molecule has 3 heteroatoms. The van der Waals surface area contributed by atoms with Crippen LogP contribution in [-0.2, 0) is 6.42 Å². The summed E-state index contributed by atoms with van der Waals surface area (Å²) in [5.74, 6) is 0.0687. The maximum absolute atomic E-state index is 10.8. The summed E-state index contributed by atoms with van der Waals surface area (Å²) >= 11 is 1.40. The van der Waals surface area contributed by atoms with Crippen LogP contribution in [0.5, 0.6) is 0 Å². The van der Waals surface area contributed by atoms with Crippen molar-refractivity contribution in [1.29, 1.82) is 5.26 Å². The smallest absolute Gasteiger partial charge is 0.169 e. The second-order valence-corrected chi connectivity index (χ2v) is 3.12. The first-order valence-corrected chi connectivity index (χ1v) is 4.07. The van der Waals surface area contributed by atoms with Gasteiger partial charge in [0.15, 0.2) is 5.78 Å². The number of carbonyl (C=O) groups excluding carboxylic acids is 1. The average Bonchev–Trinajstić information content (AvgIpc) is 2.37. The van der Waals surface area contributed by atoms with Crippen molar-refractivity contribution in [3.63, 3.8) is 0 Å². The van der Waals surface area contributed by atoms with Crippen LogP contribution < -0.4 is 0 Å². The van der Waals surface area contributed by atoms with Gasteiger partial charge in [-0.3, -0.25) is 4.79 Å². The van der Waals surface area contributed by atoms with Gasteiger partial charge in [-0.2, -0.15) is 5.26 Å². The third-order valence-corrected chi connectivity index (χ3v) is 2.36. The van der Waals surface area contributed by atoms with E-state index in [9.17, 15) is 4.79 Å². The summed E-state index contributed by atoms with van der Waals surface area (Å²) in [4.78, 5) is 11.5. The maximum Gasteiger partial charge on any atom is 0.169 e. The predicted octanol–water partition coefficient (Wildman–Crippen LogP) is 2.02. The van der Waals surface area contributed by atoms with Gasteiger partial charge < -0.3 is 0 Å². The van der Waals surface area contributed by atoms with Crippen LogP contribution in [0.25, 0.3) is 0 Å². The lowest BCUT2D eigenvalue weighted by atomic mass is 10.2. The van der Waals surface area contributed by atoms with Crippen molar-refractivity contribution < 1.29 is 4.79 Å². The Labute approximate surface area is 69.1 Å².